The van der Waals surface area contributed by atoms with E-state index in [4.69, 9.17) is 4.74 Å². The molecule has 0 amide bonds. The Morgan fingerprint density at radius 3 is 2.43 bits per heavy atom. The highest BCUT2D eigenvalue weighted by Crippen LogP contribution is 2.19. The van der Waals surface area contributed by atoms with Gasteiger partial charge in [0.1, 0.15) is 11.6 Å². The summed E-state index contributed by atoms with van der Waals surface area (Å²) in [6, 6.07) is 7.81. The van der Waals surface area contributed by atoms with Gasteiger partial charge in [-0.25, -0.2) is 4.98 Å². The first-order chi connectivity index (χ1) is 6.79. The number of hydrogen-bond donors (Lipinski definition) is 1. The van der Waals surface area contributed by atoms with Crippen molar-refractivity contribution < 1.29 is 4.74 Å². The van der Waals surface area contributed by atoms with Gasteiger partial charge in [0.2, 0.25) is 0 Å². The Hall–Kier alpha value is -1.77. The monoisotopic (exact) mass is 188 g/mol. The van der Waals surface area contributed by atoms with Gasteiger partial charge in [-0.05, 0) is 31.2 Å². The molecule has 0 unspecified atom stereocenters. The number of aromatic nitrogens is 2. The Kier molecular flexibility index (Phi) is 2.23. The maximum atomic E-state index is 5.08. The van der Waals surface area contributed by atoms with Crippen LogP contribution < -0.4 is 4.74 Å². The van der Waals surface area contributed by atoms with Crippen LogP contribution in [0, 0.1) is 6.92 Å². The van der Waals surface area contributed by atoms with Crippen molar-refractivity contribution in [3.8, 4) is 17.1 Å². The fourth-order valence-corrected chi connectivity index (χ4v) is 1.31. The maximum absolute atomic E-state index is 5.08. The largest absolute Gasteiger partial charge is 0.497 e. The number of methoxy groups -OCH3 is 1. The van der Waals surface area contributed by atoms with Gasteiger partial charge in [-0.3, -0.25) is 0 Å². The van der Waals surface area contributed by atoms with Crippen LogP contribution in [-0.4, -0.2) is 17.1 Å². The number of aryl methyl sites for hydroxylation is 1. The average molecular weight is 188 g/mol. The average Bonchev–Trinajstić information content (AvgIpc) is 2.65. The molecular formula is C11H12N2O. The standard InChI is InChI=1S/C11H12N2O/c1-8-7-12-11(13-8)9-3-5-10(14-2)6-4-9/h3-7H,1-2H3,(H,12,13). The molecule has 1 aromatic heterocycles. The Labute approximate surface area is 82.8 Å². The van der Waals surface area contributed by atoms with Crippen molar-refractivity contribution in [2.75, 3.05) is 7.11 Å². The molecule has 1 N–H and O–H groups in total. The molecule has 0 radical (unpaired) electrons. The van der Waals surface area contributed by atoms with Gasteiger partial charge in [0.05, 0.1) is 12.8 Å². The molecule has 0 spiro atoms. The molecule has 0 aliphatic rings. The summed E-state index contributed by atoms with van der Waals surface area (Å²) in [6.07, 6.45) is 1.89. The van der Waals surface area contributed by atoms with Crippen molar-refractivity contribution in [1.29, 1.82) is 0 Å². The summed E-state index contributed by atoms with van der Waals surface area (Å²) < 4.78 is 5.08. The fourth-order valence-electron chi connectivity index (χ4n) is 1.31. The van der Waals surface area contributed by atoms with E-state index in [0.29, 0.717) is 0 Å². The van der Waals surface area contributed by atoms with Crippen molar-refractivity contribution in [3.63, 3.8) is 0 Å². The fraction of sp³-hybridized carbons (Fsp3) is 0.182. The molecule has 3 nitrogen and oxygen atoms in total. The van der Waals surface area contributed by atoms with Gasteiger partial charge >= 0.3 is 0 Å². The van der Waals surface area contributed by atoms with Crippen LogP contribution in [0.25, 0.3) is 11.4 Å². The molecule has 0 atom stereocenters. The number of benzene rings is 1. The molecule has 0 fully saturated rings. The highest BCUT2D eigenvalue weighted by Gasteiger charge is 2.00. The molecule has 1 aromatic carbocycles. The summed E-state index contributed by atoms with van der Waals surface area (Å²) in [5.41, 5.74) is 2.06. The summed E-state index contributed by atoms with van der Waals surface area (Å²) in [6.45, 7) is 1.96. The summed E-state index contributed by atoms with van der Waals surface area (Å²) in [4.78, 5) is 7.45. The van der Waals surface area contributed by atoms with Crippen LogP contribution in [0.15, 0.2) is 30.5 Å². The Morgan fingerprint density at radius 2 is 1.93 bits per heavy atom. The van der Waals surface area contributed by atoms with Crippen molar-refractivity contribution in [3.05, 3.63) is 36.2 Å². The minimum atomic E-state index is 0.858. The lowest BCUT2D eigenvalue weighted by Crippen LogP contribution is -1.83. The number of hydrogen-bond acceptors (Lipinski definition) is 2. The number of nitrogens with one attached hydrogen (secondary N) is 1. The molecular weight excluding hydrogens is 176 g/mol. The molecule has 3 heteroatoms. The maximum Gasteiger partial charge on any atom is 0.137 e. The normalized spacial score (nSPS) is 10.1. The van der Waals surface area contributed by atoms with E-state index in [0.717, 1.165) is 22.8 Å². The second-order valence-electron chi connectivity index (χ2n) is 3.12. The van der Waals surface area contributed by atoms with E-state index in [9.17, 15) is 0 Å². The third kappa shape index (κ3) is 1.62. The van der Waals surface area contributed by atoms with E-state index >= 15 is 0 Å². The highest BCUT2D eigenvalue weighted by molar-refractivity contribution is 5.56. The molecule has 14 heavy (non-hydrogen) atoms. The van der Waals surface area contributed by atoms with Gasteiger partial charge in [0.25, 0.3) is 0 Å². The second kappa shape index (κ2) is 3.54. The van der Waals surface area contributed by atoms with Crippen LogP contribution in [0.1, 0.15) is 5.69 Å². The zero-order valence-corrected chi connectivity index (χ0v) is 8.24. The minimum Gasteiger partial charge on any atom is -0.497 e. The van der Waals surface area contributed by atoms with Crippen LogP contribution in [0.4, 0.5) is 0 Å². The van der Waals surface area contributed by atoms with Gasteiger partial charge in [0.15, 0.2) is 0 Å². The van der Waals surface area contributed by atoms with Gasteiger partial charge in [-0.15, -0.1) is 0 Å². The van der Waals surface area contributed by atoms with Crippen LogP contribution in [0.2, 0.25) is 0 Å². The van der Waals surface area contributed by atoms with Crippen molar-refractivity contribution in [2.45, 2.75) is 6.92 Å². The molecule has 0 bridgehead atoms. The number of rotatable bonds is 2. The first-order valence-corrected chi connectivity index (χ1v) is 4.46. The van der Waals surface area contributed by atoms with E-state index < -0.39 is 0 Å². The quantitative estimate of drug-likeness (QED) is 0.785. The van der Waals surface area contributed by atoms with Crippen molar-refractivity contribution in [1.82, 2.24) is 9.97 Å². The molecule has 72 valence electrons. The topological polar surface area (TPSA) is 37.9 Å². The third-order valence-corrected chi connectivity index (χ3v) is 2.07. The van der Waals surface area contributed by atoms with Crippen LogP contribution >= 0.6 is 0 Å². The molecule has 2 rings (SSSR count). The zero-order chi connectivity index (χ0) is 9.97. The number of aromatic amines is 1. The van der Waals surface area contributed by atoms with Gasteiger partial charge in [-0.2, -0.15) is 0 Å². The summed E-state index contributed by atoms with van der Waals surface area (Å²) in [5.74, 6) is 1.75. The first kappa shape index (κ1) is 8.81. The van der Waals surface area contributed by atoms with Gasteiger partial charge in [-0.1, -0.05) is 0 Å². The van der Waals surface area contributed by atoms with E-state index in [2.05, 4.69) is 9.97 Å². The number of H-pyrrole nitrogens is 1. The van der Waals surface area contributed by atoms with Crippen molar-refractivity contribution in [2.24, 2.45) is 0 Å². The molecule has 0 aliphatic carbocycles. The Bertz CT molecular complexity index is 417. The van der Waals surface area contributed by atoms with E-state index in [1.807, 2.05) is 37.4 Å². The Morgan fingerprint density at radius 1 is 1.21 bits per heavy atom. The van der Waals surface area contributed by atoms with Crippen LogP contribution in [0.3, 0.4) is 0 Å². The predicted octanol–water partition coefficient (Wildman–Crippen LogP) is 2.39. The molecule has 2 aromatic rings. The number of ether oxygens (including phenoxy) is 1. The van der Waals surface area contributed by atoms with E-state index in [-0.39, 0.29) is 0 Å². The zero-order valence-electron chi connectivity index (χ0n) is 8.24. The predicted molar refractivity (Wildman–Crippen MR) is 55.3 cm³/mol. The molecule has 0 aliphatic heterocycles. The van der Waals surface area contributed by atoms with Crippen molar-refractivity contribution >= 4 is 0 Å². The smallest absolute Gasteiger partial charge is 0.137 e. The third-order valence-electron chi connectivity index (χ3n) is 2.07. The lowest BCUT2D eigenvalue weighted by molar-refractivity contribution is 0.415. The first-order valence-electron chi connectivity index (χ1n) is 4.46. The SMILES string of the molecule is COc1ccc(-c2nc(C)c[nH]2)cc1. The lowest BCUT2D eigenvalue weighted by atomic mass is 10.2. The molecule has 1 heterocycles. The minimum absolute atomic E-state index is 0.858. The lowest BCUT2D eigenvalue weighted by Gasteiger charge is -2.00. The highest BCUT2D eigenvalue weighted by atomic mass is 16.5. The summed E-state index contributed by atoms with van der Waals surface area (Å²) in [7, 11) is 1.66. The van der Waals surface area contributed by atoms with E-state index in [1.165, 1.54) is 0 Å². The summed E-state index contributed by atoms with van der Waals surface area (Å²) in [5, 5.41) is 0. The van der Waals surface area contributed by atoms with Crippen LogP contribution in [0.5, 0.6) is 5.75 Å². The Balaban J connectivity index is 2.33. The number of nitrogens with zero attached hydrogens (tertiary/aromatic N) is 1. The van der Waals surface area contributed by atoms with Gasteiger partial charge in [0, 0.05) is 11.8 Å². The molecule has 0 saturated carbocycles. The van der Waals surface area contributed by atoms with Crippen LogP contribution in [-0.2, 0) is 0 Å². The summed E-state index contributed by atoms with van der Waals surface area (Å²) >= 11 is 0. The molecule has 0 saturated heterocycles. The van der Waals surface area contributed by atoms with Gasteiger partial charge < -0.3 is 9.72 Å². The second-order valence-corrected chi connectivity index (χ2v) is 3.12. The van der Waals surface area contributed by atoms with E-state index in [1.54, 1.807) is 7.11 Å². The number of imidazole rings is 1.